The minimum absolute atomic E-state index is 0.130. The van der Waals surface area contributed by atoms with Crippen molar-refractivity contribution < 1.29 is 18.0 Å². The maximum Gasteiger partial charge on any atom is 0.244 e. The summed E-state index contributed by atoms with van der Waals surface area (Å²) in [5.41, 5.74) is 1.55. The van der Waals surface area contributed by atoms with Crippen LogP contribution in [0.1, 0.15) is 31.9 Å². The second-order valence-electron chi connectivity index (χ2n) is 10.3. The monoisotopic (exact) mass is 725 g/mol. The van der Waals surface area contributed by atoms with Crippen molar-refractivity contribution >= 4 is 66.0 Å². The fourth-order valence-electron chi connectivity index (χ4n) is 4.01. The molecule has 0 unspecified atom stereocenters. The molecule has 2 amide bonds. The molecule has 0 saturated heterocycles. The van der Waals surface area contributed by atoms with E-state index in [0.717, 1.165) is 29.7 Å². The van der Waals surface area contributed by atoms with Crippen LogP contribution in [-0.4, -0.2) is 49.5 Å². The maximum atomic E-state index is 14.0. The molecule has 0 aliphatic carbocycles. The molecule has 208 valence electrons. The van der Waals surface area contributed by atoms with Crippen LogP contribution < -0.4 is 9.62 Å². The Bertz CT molecular complexity index is 1380. The standard InChI is InChI=1S/C29H33BrIN3O4S/c1-29(2,3)32-28(36)26(18-21-8-6-5-7-9-21)33(19-22-10-12-23(30)13-11-22)27(35)20-34(39(4,37)38)25-16-14-24(31)15-17-25/h5-17,26H,18-20H2,1-4H3,(H,32,36)/t26-/m0/s1. The average Bonchev–Trinajstić information content (AvgIpc) is 2.85. The fraction of sp³-hybridized carbons (Fsp3) is 0.310. The van der Waals surface area contributed by atoms with E-state index < -0.39 is 34.1 Å². The van der Waals surface area contributed by atoms with Crippen molar-refractivity contribution in [3.8, 4) is 0 Å². The topological polar surface area (TPSA) is 86.8 Å². The molecule has 0 heterocycles. The van der Waals surface area contributed by atoms with E-state index in [1.54, 1.807) is 24.3 Å². The van der Waals surface area contributed by atoms with Gasteiger partial charge in [-0.05, 0) is 90.9 Å². The molecule has 0 radical (unpaired) electrons. The second-order valence-corrected chi connectivity index (χ2v) is 14.4. The summed E-state index contributed by atoms with van der Waals surface area (Å²) in [6, 6.07) is 23.0. The van der Waals surface area contributed by atoms with Crippen LogP contribution in [0.15, 0.2) is 83.3 Å². The minimum Gasteiger partial charge on any atom is -0.350 e. The lowest BCUT2D eigenvalue weighted by Crippen LogP contribution is -2.56. The number of hydrogen-bond acceptors (Lipinski definition) is 4. The molecule has 3 rings (SSSR count). The number of carbonyl (C=O) groups is 2. The van der Waals surface area contributed by atoms with Crippen molar-refractivity contribution in [2.24, 2.45) is 0 Å². The van der Waals surface area contributed by atoms with Crippen molar-refractivity contribution in [3.63, 3.8) is 0 Å². The number of nitrogens with one attached hydrogen (secondary N) is 1. The third-order valence-electron chi connectivity index (χ3n) is 5.83. The lowest BCUT2D eigenvalue weighted by molar-refractivity contribution is -0.140. The number of amides is 2. The zero-order valence-corrected chi connectivity index (χ0v) is 27.0. The largest absolute Gasteiger partial charge is 0.350 e. The van der Waals surface area contributed by atoms with E-state index in [9.17, 15) is 18.0 Å². The van der Waals surface area contributed by atoms with Gasteiger partial charge in [0.25, 0.3) is 0 Å². The first-order valence-corrected chi connectivity index (χ1v) is 16.1. The van der Waals surface area contributed by atoms with Crippen molar-refractivity contribution in [1.29, 1.82) is 0 Å². The van der Waals surface area contributed by atoms with Gasteiger partial charge in [0.1, 0.15) is 12.6 Å². The summed E-state index contributed by atoms with van der Waals surface area (Å²) in [5.74, 6) is -0.788. The Balaban J connectivity index is 2.06. The van der Waals surface area contributed by atoms with Gasteiger partial charge in [0.05, 0.1) is 11.9 Å². The molecule has 1 atom stereocenters. The number of hydrogen-bond donors (Lipinski definition) is 1. The quantitative estimate of drug-likeness (QED) is 0.285. The molecular weight excluding hydrogens is 693 g/mol. The molecule has 39 heavy (non-hydrogen) atoms. The number of rotatable bonds is 10. The highest BCUT2D eigenvalue weighted by molar-refractivity contribution is 14.1. The Morgan fingerprint density at radius 2 is 1.51 bits per heavy atom. The highest BCUT2D eigenvalue weighted by Gasteiger charge is 2.34. The Hall–Kier alpha value is -2.44. The van der Waals surface area contributed by atoms with Crippen molar-refractivity contribution in [1.82, 2.24) is 10.2 Å². The van der Waals surface area contributed by atoms with Crippen LogP contribution in [0.3, 0.4) is 0 Å². The number of carbonyl (C=O) groups excluding carboxylic acids is 2. The summed E-state index contributed by atoms with van der Waals surface area (Å²) >= 11 is 5.57. The summed E-state index contributed by atoms with van der Waals surface area (Å²) in [5, 5.41) is 3.02. The van der Waals surface area contributed by atoms with Gasteiger partial charge in [0.15, 0.2) is 0 Å². The molecule has 0 fully saturated rings. The third-order valence-corrected chi connectivity index (χ3v) is 8.22. The molecule has 1 N–H and O–H groups in total. The van der Waals surface area contributed by atoms with Gasteiger partial charge in [-0.2, -0.15) is 0 Å². The summed E-state index contributed by atoms with van der Waals surface area (Å²) in [7, 11) is -3.79. The lowest BCUT2D eigenvalue weighted by atomic mass is 10.0. The summed E-state index contributed by atoms with van der Waals surface area (Å²) in [6.07, 6.45) is 1.35. The van der Waals surface area contributed by atoms with Crippen molar-refractivity contribution in [2.75, 3.05) is 17.1 Å². The first-order valence-electron chi connectivity index (χ1n) is 12.4. The molecule has 0 saturated carbocycles. The Kier molecular flexibility index (Phi) is 10.6. The fourth-order valence-corrected chi connectivity index (χ4v) is 5.49. The van der Waals surface area contributed by atoms with Crippen LogP contribution in [0.2, 0.25) is 0 Å². The van der Waals surface area contributed by atoms with E-state index >= 15 is 0 Å². The van der Waals surface area contributed by atoms with Crippen LogP contribution >= 0.6 is 38.5 Å². The molecule has 0 bridgehead atoms. The molecule has 7 nitrogen and oxygen atoms in total. The highest BCUT2D eigenvalue weighted by Crippen LogP contribution is 2.22. The van der Waals surface area contributed by atoms with Gasteiger partial charge >= 0.3 is 0 Å². The second kappa shape index (κ2) is 13.3. The van der Waals surface area contributed by atoms with Crippen molar-refractivity contribution in [2.45, 2.75) is 45.3 Å². The van der Waals surface area contributed by atoms with Gasteiger partial charge in [-0.1, -0.05) is 58.4 Å². The van der Waals surface area contributed by atoms with E-state index in [1.807, 2.05) is 75.4 Å². The van der Waals surface area contributed by atoms with Crippen LogP contribution in [0.25, 0.3) is 0 Å². The molecule has 3 aromatic carbocycles. The van der Waals surface area contributed by atoms with Gasteiger partial charge in [0.2, 0.25) is 21.8 Å². The summed E-state index contributed by atoms with van der Waals surface area (Å²) in [4.78, 5) is 29.2. The highest BCUT2D eigenvalue weighted by atomic mass is 127. The van der Waals surface area contributed by atoms with E-state index in [0.29, 0.717) is 5.69 Å². The van der Waals surface area contributed by atoms with Crippen LogP contribution in [0.5, 0.6) is 0 Å². The number of sulfonamides is 1. The smallest absolute Gasteiger partial charge is 0.244 e. The Morgan fingerprint density at radius 3 is 2.05 bits per heavy atom. The van der Waals surface area contributed by atoms with Crippen LogP contribution in [0, 0.1) is 3.57 Å². The molecule has 0 spiro atoms. The van der Waals surface area contributed by atoms with Gasteiger partial charge in [-0.3, -0.25) is 13.9 Å². The van der Waals surface area contributed by atoms with Gasteiger partial charge < -0.3 is 10.2 Å². The Morgan fingerprint density at radius 1 is 0.923 bits per heavy atom. The SMILES string of the molecule is CC(C)(C)NC(=O)[C@H](Cc1ccccc1)N(Cc1ccc(Br)cc1)C(=O)CN(c1ccc(I)cc1)S(C)(=O)=O. The van der Waals surface area contributed by atoms with Crippen LogP contribution in [0.4, 0.5) is 5.69 Å². The molecule has 0 aliphatic heterocycles. The minimum atomic E-state index is -3.79. The number of nitrogens with zero attached hydrogens (tertiary/aromatic N) is 2. The number of anilines is 1. The maximum absolute atomic E-state index is 14.0. The molecule has 10 heteroatoms. The predicted octanol–water partition coefficient (Wildman–Crippen LogP) is 5.37. The van der Waals surface area contributed by atoms with E-state index in [1.165, 1.54) is 4.90 Å². The van der Waals surface area contributed by atoms with Crippen molar-refractivity contribution in [3.05, 3.63) is 98.0 Å². The molecular formula is C29H33BrIN3O4S. The first-order chi connectivity index (χ1) is 18.2. The predicted molar refractivity (Wildman–Crippen MR) is 168 cm³/mol. The number of halogens is 2. The first kappa shape index (κ1) is 31.1. The van der Waals surface area contributed by atoms with Gasteiger partial charge in [0, 0.05) is 26.5 Å². The normalized spacial score (nSPS) is 12.5. The van der Waals surface area contributed by atoms with E-state index in [2.05, 4.69) is 43.8 Å². The molecule has 0 aromatic heterocycles. The van der Waals surface area contributed by atoms with Crippen LogP contribution in [-0.2, 0) is 32.6 Å². The zero-order valence-electron chi connectivity index (χ0n) is 22.4. The molecule has 0 aliphatic rings. The molecule has 3 aromatic rings. The third kappa shape index (κ3) is 9.61. The van der Waals surface area contributed by atoms with E-state index in [-0.39, 0.29) is 18.9 Å². The number of benzene rings is 3. The Labute approximate surface area is 253 Å². The average molecular weight is 726 g/mol. The summed E-state index contributed by atoms with van der Waals surface area (Å²) < 4.78 is 28.6. The van der Waals surface area contributed by atoms with E-state index in [4.69, 9.17) is 0 Å². The zero-order chi connectivity index (χ0) is 28.8. The summed E-state index contributed by atoms with van der Waals surface area (Å²) in [6.45, 7) is 5.34. The van der Waals surface area contributed by atoms with Gasteiger partial charge in [-0.15, -0.1) is 0 Å². The van der Waals surface area contributed by atoms with Gasteiger partial charge in [-0.25, -0.2) is 8.42 Å². The lowest BCUT2D eigenvalue weighted by Gasteiger charge is -2.35.